The highest BCUT2D eigenvalue weighted by Gasteiger charge is 2.16. The van der Waals surface area contributed by atoms with Crippen molar-refractivity contribution in [3.05, 3.63) is 0 Å². The number of nitrogens with two attached hydrogens (primary N) is 1. The first-order valence-electron chi connectivity index (χ1n) is 5.94. The van der Waals surface area contributed by atoms with Crippen LogP contribution in [-0.4, -0.2) is 43.5 Å². The van der Waals surface area contributed by atoms with E-state index in [1.807, 2.05) is 13.8 Å². The summed E-state index contributed by atoms with van der Waals surface area (Å²) >= 11 is 0. The Morgan fingerprint density at radius 1 is 1.35 bits per heavy atom. The van der Waals surface area contributed by atoms with Gasteiger partial charge in [-0.1, -0.05) is 13.8 Å². The second kappa shape index (κ2) is 8.06. The van der Waals surface area contributed by atoms with Gasteiger partial charge in [0.15, 0.2) is 0 Å². The molecular formula is C12H24N2O3. The van der Waals surface area contributed by atoms with Crippen LogP contribution in [0.2, 0.25) is 0 Å². The van der Waals surface area contributed by atoms with E-state index in [1.165, 1.54) is 7.11 Å². The molecule has 0 aromatic carbocycles. The minimum absolute atomic E-state index is 0.0241. The largest absolute Gasteiger partial charge is 0.469 e. The van der Waals surface area contributed by atoms with Crippen LogP contribution in [0.5, 0.6) is 0 Å². The van der Waals surface area contributed by atoms with Gasteiger partial charge in [-0.2, -0.15) is 0 Å². The second-order valence-corrected chi connectivity index (χ2v) is 4.61. The van der Waals surface area contributed by atoms with Gasteiger partial charge in [0, 0.05) is 32.5 Å². The molecule has 0 aliphatic heterocycles. The fourth-order valence-electron chi connectivity index (χ4n) is 1.28. The monoisotopic (exact) mass is 244 g/mol. The molecule has 2 N–H and O–H groups in total. The van der Waals surface area contributed by atoms with E-state index in [-0.39, 0.29) is 17.9 Å². The average molecular weight is 244 g/mol. The standard InChI is InChI=1S/C12H24N2O3/c1-9(2)10(13)8-11(15)14(3)7-5-6-12(16)17-4/h9-10H,5-8,13H2,1-4H3. The van der Waals surface area contributed by atoms with E-state index < -0.39 is 0 Å². The van der Waals surface area contributed by atoms with Crippen molar-refractivity contribution < 1.29 is 14.3 Å². The Labute approximate surface area is 103 Å². The van der Waals surface area contributed by atoms with Crippen LogP contribution in [0.15, 0.2) is 0 Å². The Bertz CT molecular complexity index is 254. The highest BCUT2D eigenvalue weighted by Crippen LogP contribution is 2.05. The molecule has 5 nitrogen and oxygen atoms in total. The first kappa shape index (κ1) is 15.9. The van der Waals surface area contributed by atoms with Crippen molar-refractivity contribution >= 4 is 11.9 Å². The molecule has 1 amide bonds. The average Bonchev–Trinajstić information content (AvgIpc) is 2.28. The highest BCUT2D eigenvalue weighted by atomic mass is 16.5. The van der Waals surface area contributed by atoms with Crippen molar-refractivity contribution in [2.45, 2.75) is 39.2 Å². The summed E-state index contributed by atoms with van der Waals surface area (Å²) in [6, 6.07) is -0.106. The van der Waals surface area contributed by atoms with Crippen molar-refractivity contribution in [3.63, 3.8) is 0 Å². The lowest BCUT2D eigenvalue weighted by atomic mass is 10.0. The highest BCUT2D eigenvalue weighted by molar-refractivity contribution is 5.76. The Hall–Kier alpha value is -1.10. The van der Waals surface area contributed by atoms with E-state index in [4.69, 9.17) is 5.73 Å². The zero-order valence-electron chi connectivity index (χ0n) is 11.2. The van der Waals surface area contributed by atoms with Gasteiger partial charge < -0.3 is 15.4 Å². The first-order valence-corrected chi connectivity index (χ1v) is 5.94. The zero-order chi connectivity index (χ0) is 13.4. The fourth-order valence-corrected chi connectivity index (χ4v) is 1.28. The van der Waals surface area contributed by atoms with E-state index in [1.54, 1.807) is 11.9 Å². The van der Waals surface area contributed by atoms with Crippen molar-refractivity contribution in [1.29, 1.82) is 0 Å². The second-order valence-electron chi connectivity index (χ2n) is 4.61. The molecule has 0 aromatic rings. The number of ether oxygens (including phenoxy) is 1. The number of carbonyl (C=O) groups excluding carboxylic acids is 2. The van der Waals surface area contributed by atoms with Gasteiger partial charge in [0.05, 0.1) is 7.11 Å². The maximum Gasteiger partial charge on any atom is 0.305 e. The van der Waals surface area contributed by atoms with Crippen LogP contribution >= 0.6 is 0 Å². The normalized spacial score (nSPS) is 12.4. The lowest BCUT2D eigenvalue weighted by molar-refractivity contribution is -0.141. The molecule has 0 radical (unpaired) electrons. The van der Waals surface area contributed by atoms with Gasteiger partial charge in [0.25, 0.3) is 0 Å². The van der Waals surface area contributed by atoms with Gasteiger partial charge >= 0.3 is 5.97 Å². The van der Waals surface area contributed by atoms with E-state index in [0.717, 1.165) is 0 Å². The predicted molar refractivity (Wildman–Crippen MR) is 66.3 cm³/mol. The number of hydrogen-bond donors (Lipinski definition) is 1. The third-order valence-electron chi connectivity index (χ3n) is 2.79. The molecule has 0 saturated carbocycles. The molecule has 0 aromatic heterocycles. The van der Waals surface area contributed by atoms with Crippen LogP contribution in [0.3, 0.4) is 0 Å². The van der Waals surface area contributed by atoms with E-state index in [2.05, 4.69) is 4.74 Å². The maximum absolute atomic E-state index is 11.7. The lowest BCUT2D eigenvalue weighted by Crippen LogP contribution is -2.36. The number of methoxy groups -OCH3 is 1. The van der Waals surface area contributed by atoms with Crippen molar-refractivity contribution in [3.8, 4) is 0 Å². The van der Waals surface area contributed by atoms with Gasteiger partial charge in [-0.25, -0.2) is 0 Å². The molecule has 0 heterocycles. The summed E-state index contributed by atoms with van der Waals surface area (Å²) < 4.78 is 4.53. The molecule has 5 heteroatoms. The Morgan fingerprint density at radius 2 is 1.94 bits per heavy atom. The van der Waals surface area contributed by atoms with Gasteiger partial charge in [-0.15, -0.1) is 0 Å². The van der Waals surface area contributed by atoms with Gasteiger partial charge in [0.1, 0.15) is 0 Å². The van der Waals surface area contributed by atoms with Crippen LogP contribution in [0.1, 0.15) is 33.1 Å². The number of rotatable bonds is 7. The molecule has 17 heavy (non-hydrogen) atoms. The van der Waals surface area contributed by atoms with Gasteiger partial charge in [-0.3, -0.25) is 9.59 Å². The molecule has 0 fully saturated rings. The number of amides is 1. The van der Waals surface area contributed by atoms with Crippen molar-refractivity contribution in [2.24, 2.45) is 11.7 Å². The van der Waals surface area contributed by atoms with E-state index in [9.17, 15) is 9.59 Å². The summed E-state index contributed by atoms with van der Waals surface area (Å²) in [7, 11) is 3.09. The maximum atomic E-state index is 11.7. The third-order valence-corrected chi connectivity index (χ3v) is 2.79. The predicted octanol–water partition coefficient (Wildman–Crippen LogP) is 0.771. The Morgan fingerprint density at radius 3 is 2.41 bits per heavy atom. The molecule has 0 spiro atoms. The van der Waals surface area contributed by atoms with Crippen LogP contribution in [0, 0.1) is 5.92 Å². The minimum Gasteiger partial charge on any atom is -0.469 e. The van der Waals surface area contributed by atoms with Gasteiger partial charge in [-0.05, 0) is 12.3 Å². The summed E-state index contributed by atoms with van der Waals surface area (Å²) in [5.74, 6) is 0.0724. The SMILES string of the molecule is COC(=O)CCCN(C)C(=O)CC(N)C(C)C. The van der Waals surface area contributed by atoms with Crippen LogP contribution in [0.4, 0.5) is 0 Å². The summed E-state index contributed by atoms with van der Waals surface area (Å²) in [5.41, 5.74) is 5.83. The van der Waals surface area contributed by atoms with E-state index in [0.29, 0.717) is 31.7 Å². The summed E-state index contributed by atoms with van der Waals surface area (Å²) in [4.78, 5) is 24.2. The van der Waals surface area contributed by atoms with E-state index >= 15 is 0 Å². The fraction of sp³-hybridized carbons (Fsp3) is 0.833. The third kappa shape index (κ3) is 6.94. The molecule has 1 unspecified atom stereocenters. The molecule has 0 saturated heterocycles. The first-order chi connectivity index (χ1) is 7.88. The molecule has 0 aliphatic rings. The topological polar surface area (TPSA) is 72.6 Å². The number of esters is 1. The van der Waals surface area contributed by atoms with Crippen LogP contribution in [-0.2, 0) is 14.3 Å². The minimum atomic E-state index is -0.246. The summed E-state index contributed by atoms with van der Waals surface area (Å²) in [6.45, 7) is 4.54. The smallest absolute Gasteiger partial charge is 0.305 e. The van der Waals surface area contributed by atoms with Crippen molar-refractivity contribution in [2.75, 3.05) is 20.7 Å². The summed E-state index contributed by atoms with van der Waals surface area (Å²) in [5, 5.41) is 0. The molecule has 1 atom stereocenters. The number of carbonyl (C=O) groups is 2. The zero-order valence-corrected chi connectivity index (χ0v) is 11.2. The number of nitrogens with zero attached hydrogens (tertiary/aromatic N) is 1. The Kier molecular flexibility index (Phi) is 7.54. The Balaban J connectivity index is 3.86. The molecule has 0 rings (SSSR count). The van der Waals surface area contributed by atoms with Crippen molar-refractivity contribution in [1.82, 2.24) is 4.90 Å². The molecule has 0 bridgehead atoms. The molecule has 100 valence electrons. The molecule has 0 aliphatic carbocycles. The number of hydrogen-bond acceptors (Lipinski definition) is 4. The van der Waals surface area contributed by atoms with Gasteiger partial charge in [0.2, 0.25) is 5.91 Å². The summed E-state index contributed by atoms with van der Waals surface area (Å²) in [6.07, 6.45) is 1.31. The quantitative estimate of drug-likeness (QED) is 0.671. The molecular weight excluding hydrogens is 220 g/mol. The lowest BCUT2D eigenvalue weighted by Gasteiger charge is -2.21. The van der Waals surface area contributed by atoms with Crippen LogP contribution in [0.25, 0.3) is 0 Å². The van der Waals surface area contributed by atoms with Crippen LogP contribution < -0.4 is 5.73 Å².